The largest absolute Gasteiger partial charge is 0.477 e. The van der Waals surface area contributed by atoms with E-state index in [-0.39, 0.29) is 57.8 Å². The Hall–Kier alpha value is -4.73. The Kier molecular flexibility index (Phi) is 7.36. The standard InChI is InChI=1S/C30H21F3N4O4S/c31-21-8-16(13-34)4-5-17(21)15-41-28-3-1-2-24(35-28)20-11-22(32)18(9-23(20)33)10-27-36-29-25(12-26(42-29)30(38)39)37(27)14-19-6-7-40-19/h1-5,8-9,11-12,19H,6-7,10,14-15H2,(H,38,39)/t19-/m0/s1. The van der Waals surface area contributed by atoms with Gasteiger partial charge in [-0.2, -0.15) is 5.26 Å². The topological polar surface area (TPSA) is 110 Å². The second-order valence-electron chi connectivity index (χ2n) is 9.69. The lowest BCUT2D eigenvalue weighted by Gasteiger charge is -2.27. The number of carbonyl (C=O) groups is 1. The molecule has 1 aliphatic heterocycles. The van der Waals surface area contributed by atoms with Crippen molar-refractivity contribution in [1.29, 1.82) is 5.26 Å². The molecule has 42 heavy (non-hydrogen) atoms. The van der Waals surface area contributed by atoms with Gasteiger partial charge in [0, 0.05) is 30.2 Å². The lowest BCUT2D eigenvalue weighted by atomic mass is 10.0. The number of aromatic nitrogens is 3. The summed E-state index contributed by atoms with van der Waals surface area (Å²) in [5, 5.41) is 18.3. The van der Waals surface area contributed by atoms with Gasteiger partial charge in [-0.25, -0.2) is 27.9 Å². The zero-order valence-corrected chi connectivity index (χ0v) is 22.6. The van der Waals surface area contributed by atoms with Crippen LogP contribution in [0.25, 0.3) is 21.6 Å². The minimum Gasteiger partial charge on any atom is -0.477 e. The van der Waals surface area contributed by atoms with E-state index in [0.29, 0.717) is 29.3 Å². The van der Waals surface area contributed by atoms with Crippen molar-refractivity contribution in [3.05, 3.63) is 99.4 Å². The van der Waals surface area contributed by atoms with Crippen LogP contribution in [-0.2, 0) is 24.3 Å². The van der Waals surface area contributed by atoms with Crippen LogP contribution >= 0.6 is 11.3 Å². The molecular formula is C30H21F3N4O4S. The molecule has 0 amide bonds. The summed E-state index contributed by atoms with van der Waals surface area (Å²) in [5.74, 6) is -2.47. The van der Waals surface area contributed by atoms with Crippen molar-refractivity contribution in [2.45, 2.75) is 32.1 Å². The number of pyridine rings is 1. The molecule has 3 aromatic heterocycles. The highest BCUT2D eigenvalue weighted by molar-refractivity contribution is 7.20. The zero-order chi connectivity index (χ0) is 29.4. The van der Waals surface area contributed by atoms with Gasteiger partial charge in [-0.3, -0.25) is 0 Å². The van der Waals surface area contributed by atoms with E-state index in [0.717, 1.165) is 36.0 Å². The molecule has 1 N–H and O–H groups in total. The van der Waals surface area contributed by atoms with Gasteiger partial charge >= 0.3 is 5.97 Å². The molecule has 0 spiro atoms. The Morgan fingerprint density at radius 3 is 2.62 bits per heavy atom. The normalized spacial score (nSPS) is 14.5. The average Bonchev–Trinajstić information content (AvgIpc) is 3.50. The first kappa shape index (κ1) is 27.4. The summed E-state index contributed by atoms with van der Waals surface area (Å²) in [6.45, 7) is 0.885. The van der Waals surface area contributed by atoms with Crippen LogP contribution in [0.5, 0.6) is 5.88 Å². The maximum absolute atomic E-state index is 15.4. The van der Waals surface area contributed by atoms with Gasteiger partial charge in [-0.15, -0.1) is 11.3 Å². The highest BCUT2D eigenvalue weighted by atomic mass is 32.1. The second kappa shape index (κ2) is 11.3. The lowest BCUT2D eigenvalue weighted by molar-refractivity contribution is -0.0589. The van der Waals surface area contributed by atoms with E-state index in [1.165, 1.54) is 30.3 Å². The molecule has 8 nitrogen and oxygen atoms in total. The molecule has 0 bridgehead atoms. The molecule has 0 aliphatic carbocycles. The third-order valence-electron chi connectivity index (χ3n) is 6.96. The summed E-state index contributed by atoms with van der Waals surface area (Å²) in [6.07, 6.45) is 0.754. The SMILES string of the molecule is N#Cc1ccc(COc2cccc(-c3cc(F)c(Cc4nc5sc(C(=O)O)cc5n4C[C@@H]4CCO4)cc3F)n2)c(F)c1. The van der Waals surface area contributed by atoms with E-state index in [9.17, 15) is 14.3 Å². The van der Waals surface area contributed by atoms with Crippen molar-refractivity contribution in [1.82, 2.24) is 14.5 Å². The van der Waals surface area contributed by atoms with E-state index in [1.54, 1.807) is 6.07 Å². The molecule has 0 unspecified atom stereocenters. The Morgan fingerprint density at radius 2 is 1.90 bits per heavy atom. The van der Waals surface area contributed by atoms with Crippen molar-refractivity contribution >= 4 is 27.7 Å². The third-order valence-corrected chi connectivity index (χ3v) is 7.96. The van der Waals surface area contributed by atoms with Gasteiger partial charge in [-0.05, 0) is 48.4 Å². The Balaban J connectivity index is 1.24. The number of carboxylic acids is 1. The number of hydrogen-bond acceptors (Lipinski definition) is 7. The predicted octanol–water partition coefficient (Wildman–Crippen LogP) is 6.11. The Labute approximate surface area is 241 Å². The smallest absolute Gasteiger partial charge is 0.346 e. The fraction of sp³-hybridized carbons (Fsp3) is 0.200. The second-order valence-corrected chi connectivity index (χ2v) is 10.7. The number of fused-ring (bicyclic) bond motifs is 1. The van der Waals surface area contributed by atoms with Gasteiger partial charge in [0.1, 0.15) is 39.6 Å². The van der Waals surface area contributed by atoms with Crippen LogP contribution in [0.3, 0.4) is 0 Å². The minimum atomic E-state index is -1.06. The molecule has 1 saturated heterocycles. The molecular weight excluding hydrogens is 569 g/mol. The van der Waals surface area contributed by atoms with Crippen LogP contribution in [-0.4, -0.2) is 38.3 Å². The predicted molar refractivity (Wildman–Crippen MR) is 147 cm³/mol. The summed E-state index contributed by atoms with van der Waals surface area (Å²) >= 11 is 1.02. The first-order valence-corrected chi connectivity index (χ1v) is 13.7. The van der Waals surface area contributed by atoms with Crippen molar-refractivity contribution in [2.75, 3.05) is 6.61 Å². The maximum Gasteiger partial charge on any atom is 0.346 e. The molecule has 2 aromatic carbocycles. The van der Waals surface area contributed by atoms with Gasteiger partial charge in [-0.1, -0.05) is 12.1 Å². The molecule has 1 fully saturated rings. The number of ether oxygens (including phenoxy) is 2. The van der Waals surface area contributed by atoms with Gasteiger partial charge < -0.3 is 19.1 Å². The summed E-state index contributed by atoms with van der Waals surface area (Å²) in [4.78, 5) is 20.9. The van der Waals surface area contributed by atoms with E-state index < -0.39 is 23.4 Å². The van der Waals surface area contributed by atoms with Crippen molar-refractivity contribution < 1.29 is 32.5 Å². The number of nitrogens with zero attached hydrogens (tertiary/aromatic N) is 4. The van der Waals surface area contributed by atoms with Crippen LogP contribution in [0.2, 0.25) is 0 Å². The number of rotatable bonds is 9. The van der Waals surface area contributed by atoms with Gasteiger partial charge in [0.05, 0.1) is 35.5 Å². The monoisotopic (exact) mass is 590 g/mol. The number of imidazole rings is 1. The molecule has 4 heterocycles. The quantitative estimate of drug-likeness (QED) is 0.221. The molecule has 1 aliphatic rings. The number of thiophene rings is 1. The maximum atomic E-state index is 15.4. The van der Waals surface area contributed by atoms with Crippen LogP contribution in [0.4, 0.5) is 13.2 Å². The zero-order valence-electron chi connectivity index (χ0n) is 21.8. The molecule has 0 radical (unpaired) electrons. The number of aromatic carboxylic acids is 1. The minimum absolute atomic E-state index is 0.0215. The van der Waals surface area contributed by atoms with E-state index in [2.05, 4.69) is 9.97 Å². The van der Waals surface area contributed by atoms with E-state index in [1.807, 2.05) is 10.6 Å². The number of nitriles is 1. The summed E-state index contributed by atoms with van der Waals surface area (Å²) < 4.78 is 57.9. The summed E-state index contributed by atoms with van der Waals surface area (Å²) in [5.41, 5.74) is 1.13. The molecule has 5 aromatic rings. The van der Waals surface area contributed by atoms with E-state index in [4.69, 9.17) is 14.7 Å². The van der Waals surface area contributed by atoms with Gasteiger partial charge in [0.15, 0.2) is 0 Å². The third kappa shape index (κ3) is 5.44. The van der Waals surface area contributed by atoms with Crippen LogP contribution in [0.15, 0.2) is 54.6 Å². The van der Waals surface area contributed by atoms with Crippen molar-refractivity contribution in [3.8, 4) is 23.2 Å². The fourth-order valence-corrected chi connectivity index (χ4v) is 5.55. The molecule has 1 atom stereocenters. The fourth-order valence-electron chi connectivity index (χ4n) is 4.66. The van der Waals surface area contributed by atoms with Crippen LogP contribution in [0, 0.1) is 28.8 Å². The average molecular weight is 591 g/mol. The van der Waals surface area contributed by atoms with Gasteiger partial charge in [0.25, 0.3) is 0 Å². The summed E-state index contributed by atoms with van der Waals surface area (Å²) in [6, 6.07) is 14.1. The van der Waals surface area contributed by atoms with Crippen molar-refractivity contribution in [3.63, 3.8) is 0 Å². The molecule has 12 heteroatoms. The highest BCUT2D eigenvalue weighted by Crippen LogP contribution is 2.31. The van der Waals surface area contributed by atoms with Crippen LogP contribution < -0.4 is 4.74 Å². The molecule has 212 valence electrons. The highest BCUT2D eigenvalue weighted by Gasteiger charge is 2.25. The number of hydrogen-bond donors (Lipinski definition) is 1. The van der Waals surface area contributed by atoms with E-state index >= 15 is 8.78 Å². The Bertz CT molecular complexity index is 1880. The summed E-state index contributed by atoms with van der Waals surface area (Å²) in [7, 11) is 0. The Morgan fingerprint density at radius 1 is 1.10 bits per heavy atom. The van der Waals surface area contributed by atoms with Gasteiger partial charge in [0.2, 0.25) is 5.88 Å². The number of halogens is 3. The van der Waals surface area contributed by atoms with Crippen molar-refractivity contribution in [2.24, 2.45) is 0 Å². The molecule has 6 rings (SSSR count). The first-order valence-electron chi connectivity index (χ1n) is 12.9. The number of benzene rings is 2. The first-order chi connectivity index (χ1) is 20.3. The molecule has 0 saturated carbocycles. The lowest BCUT2D eigenvalue weighted by Crippen LogP contribution is -2.31. The number of carboxylic acid groups (broad SMARTS) is 1. The van der Waals surface area contributed by atoms with Crippen LogP contribution in [0.1, 0.15) is 38.6 Å².